The lowest BCUT2D eigenvalue weighted by Crippen LogP contribution is -2.42. The zero-order valence-corrected chi connectivity index (χ0v) is 13.3. The third kappa shape index (κ3) is 5.34. The molecule has 8 nitrogen and oxygen atoms in total. The molecule has 1 aliphatic heterocycles. The van der Waals surface area contributed by atoms with Crippen molar-refractivity contribution in [3.05, 3.63) is 11.6 Å². The second-order valence-electron chi connectivity index (χ2n) is 5.22. The molecule has 0 bridgehead atoms. The molecule has 0 radical (unpaired) electrons. The Hall–Kier alpha value is -1.03. The Balaban J connectivity index is 1.85. The van der Waals surface area contributed by atoms with E-state index >= 15 is 0 Å². The van der Waals surface area contributed by atoms with E-state index in [1.165, 1.54) is 0 Å². The van der Waals surface area contributed by atoms with Gasteiger partial charge in [0.2, 0.25) is 10.0 Å². The number of morpholine rings is 1. The Morgan fingerprint density at radius 1 is 1.52 bits per heavy atom. The van der Waals surface area contributed by atoms with Gasteiger partial charge in [0.25, 0.3) is 0 Å². The topological polar surface area (TPSA) is 100 Å². The van der Waals surface area contributed by atoms with Crippen LogP contribution in [-0.2, 0) is 21.2 Å². The molecule has 1 atom stereocenters. The predicted octanol–water partition coefficient (Wildman–Crippen LogP) is -0.320. The van der Waals surface area contributed by atoms with Crippen LogP contribution in [0.4, 0.5) is 0 Å². The van der Waals surface area contributed by atoms with Gasteiger partial charge in [0.05, 0.1) is 12.9 Å². The minimum atomic E-state index is -3.13. The van der Waals surface area contributed by atoms with Crippen LogP contribution in [0.1, 0.15) is 31.1 Å². The number of aromatic amines is 1. The SMILES string of the molecule is CCCc1nc(C2CN(CCNS(C)(=O)=O)CCO2)n[nH]1. The molecule has 21 heavy (non-hydrogen) atoms. The molecule has 1 aromatic heterocycles. The van der Waals surface area contributed by atoms with Crippen molar-refractivity contribution >= 4 is 10.0 Å². The molecule has 0 aromatic carbocycles. The smallest absolute Gasteiger partial charge is 0.208 e. The van der Waals surface area contributed by atoms with Crippen LogP contribution in [0.25, 0.3) is 0 Å². The van der Waals surface area contributed by atoms with Crippen molar-refractivity contribution in [3.8, 4) is 0 Å². The molecule has 1 aromatic rings. The number of H-pyrrole nitrogens is 1. The van der Waals surface area contributed by atoms with Crippen LogP contribution >= 0.6 is 0 Å². The summed E-state index contributed by atoms with van der Waals surface area (Å²) >= 11 is 0. The summed E-state index contributed by atoms with van der Waals surface area (Å²) in [7, 11) is -3.13. The number of aryl methyl sites for hydroxylation is 1. The Morgan fingerprint density at radius 3 is 3.05 bits per heavy atom. The Labute approximate surface area is 125 Å². The highest BCUT2D eigenvalue weighted by Gasteiger charge is 2.25. The van der Waals surface area contributed by atoms with Crippen molar-refractivity contribution in [1.29, 1.82) is 0 Å². The predicted molar refractivity (Wildman–Crippen MR) is 78.4 cm³/mol. The molecule has 0 amide bonds. The van der Waals surface area contributed by atoms with Gasteiger partial charge in [-0.15, -0.1) is 0 Å². The maximum atomic E-state index is 11.0. The Kier molecular flexibility index (Phi) is 5.68. The van der Waals surface area contributed by atoms with E-state index in [0.29, 0.717) is 32.1 Å². The summed E-state index contributed by atoms with van der Waals surface area (Å²) < 4.78 is 30.3. The molecule has 0 aliphatic carbocycles. The second-order valence-corrected chi connectivity index (χ2v) is 7.05. The first kappa shape index (κ1) is 16.3. The van der Waals surface area contributed by atoms with Gasteiger partial charge in [0.1, 0.15) is 11.9 Å². The van der Waals surface area contributed by atoms with Crippen LogP contribution in [0.3, 0.4) is 0 Å². The average Bonchev–Trinajstić information content (AvgIpc) is 2.87. The summed E-state index contributed by atoms with van der Waals surface area (Å²) in [6, 6.07) is 0. The third-order valence-electron chi connectivity index (χ3n) is 3.27. The van der Waals surface area contributed by atoms with Crippen LogP contribution in [0.2, 0.25) is 0 Å². The molecule has 1 unspecified atom stereocenters. The molecule has 2 N–H and O–H groups in total. The molecule has 120 valence electrons. The van der Waals surface area contributed by atoms with Gasteiger partial charge < -0.3 is 4.74 Å². The maximum Gasteiger partial charge on any atom is 0.208 e. The highest BCUT2D eigenvalue weighted by molar-refractivity contribution is 7.88. The van der Waals surface area contributed by atoms with Crippen molar-refractivity contribution < 1.29 is 13.2 Å². The highest BCUT2D eigenvalue weighted by Crippen LogP contribution is 2.18. The average molecular weight is 317 g/mol. The Morgan fingerprint density at radius 2 is 2.33 bits per heavy atom. The lowest BCUT2D eigenvalue weighted by Gasteiger charge is -2.31. The van der Waals surface area contributed by atoms with Crippen LogP contribution in [0, 0.1) is 0 Å². The molecule has 9 heteroatoms. The summed E-state index contributed by atoms with van der Waals surface area (Å²) in [6.07, 6.45) is 2.90. The minimum absolute atomic E-state index is 0.154. The van der Waals surface area contributed by atoms with Crippen LogP contribution in [-0.4, -0.2) is 67.5 Å². The highest BCUT2D eigenvalue weighted by atomic mass is 32.2. The van der Waals surface area contributed by atoms with Crippen molar-refractivity contribution in [1.82, 2.24) is 24.8 Å². The first-order valence-corrected chi connectivity index (χ1v) is 9.07. The lowest BCUT2D eigenvalue weighted by molar-refractivity contribution is -0.0333. The van der Waals surface area contributed by atoms with Crippen LogP contribution < -0.4 is 4.72 Å². The van der Waals surface area contributed by atoms with E-state index in [-0.39, 0.29) is 6.10 Å². The summed E-state index contributed by atoms with van der Waals surface area (Å²) in [5.74, 6) is 1.56. The summed E-state index contributed by atoms with van der Waals surface area (Å²) in [6.45, 7) is 5.21. The standard InChI is InChI=1S/C12H23N5O3S/c1-3-4-11-14-12(16-15-11)10-9-17(7-8-20-10)6-5-13-21(2,18)19/h10,13H,3-9H2,1-2H3,(H,14,15,16). The fraction of sp³-hybridized carbons (Fsp3) is 0.833. The van der Waals surface area contributed by atoms with E-state index in [1.54, 1.807) is 0 Å². The monoisotopic (exact) mass is 317 g/mol. The molecular formula is C12H23N5O3S. The van der Waals surface area contributed by atoms with Gasteiger partial charge in [-0.05, 0) is 6.42 Å². The largest absolute Gasteiger partial charge is 0.367 e. The fourth-order valence-electron chi connectivity index (χ4n) is 2.25. The number of ether oxygens (including phenoxy) is 1. The van der Waals surface area contributed by atoms with Crippen molar-refractivity contribution in [2.24, 2.45) is 0 Å². The molecule has 2 rings (SSSR count). The van der Waals surface area contributed by atoms with Gasteiger partial charge >= 0.3 is 0 Å². The molecule has 0 spiro atoms. The zero-order chi connectivity index (χ0) is 15.3. The first-order chi connectivity index (χ1) is 9.98. The van der Waals surface area contributed by atoms with Crippen molar-refractivity contribution in [3.63, 3.8) is 0 Å². The molecule has 1 saturated heterocycles. The maximum absolute atomic E-state index is 11.0. The minimum Gasteiger partial charge on any atom is -0.367 e. The molecule has 1 aliphatic rings. The van der Waals surface area contributed by atoms with Crippen molar-refractivity contribution in [2.45, 2.75) is 25.9 Å². The summed E-state index contributed by atoms with van der Waals surface area (Å²) in [5.41, 5.74) is 0. The van der Waals surface area contributed by atoms with Crippen molar-refractivity contribution in [2.75, 3.05) is 39.0 Å². The van der Waals surface area contributed by atoms with Gasteiger partial charge in [-0.2, -0.15) is 5.10 Å². The number of aromatic nitrogens is 3. The van der Waals surface area contributed by atoms with E-state index in [2.05, 4.69) is 31.7 Å². The zero-order valence-electron chi connectivity index (χ0n) is 12.5. The molecule has 2 heterocycles. The van der Waals surface area contributed by atoms with E-state index in [4.69, 9.17) is 4.74 Å². The lowest BCUT2D eigenvalue weighted by atomic mass is 10.2. The number of nitrogens with one attached hydrogen (secondary N) is 2. The molecule has 0 saturated carbocycles. The molecular weight excluding hydrogens is 294 g/mol. The van der Waals surface area contributed by atoms with Gasteiger partial charge in [0, 0.05) is 32.6 Å². The second kappa shape index (κ2) is 7.30. The number of sulfonamides is 1. The van der Waals surface area contributed by atoms with Gasteiger partial charge in [0.15, 0.2) is 5.82 Å². The van der Waals surface area contributed by atoms with E-state index in [1.807, 2.05) is 0 Å². The fourth-order valence-corrected chi connectivity index (χ4v) is 2.72. The summed E-state index contributed by atoms with van der Waals surface area (Å²) in [5, 5.41) is 7.14. The normalized spacial score (nSPS) is 20.8. The van der Waals surface area contributed by atoms with Gasteiger partial charge in [-0.3, -0.25) is 10.00 Å². The number of hydrogen-bond acceptors (Lipinski definition) is 6. The number of rotatable bonds is 7. The first-order valence-electron chi connectivity index (χ1n) is 7.17. The molecule has 1 fully saturated rings. The van der Waals surface area contributed by atoms with E-state index in [0.717, 1.165) is 31.5 Å². The van der Waals surface area contributed by atoms with Crippen LogP contribution in [0.5, 0.6) is 0 Å². The number of nitrogens with zero attached hydrogens (tertiary/aromatic N) is 3. The van der Waals surface area contributed by atoms with Gasteiger partial charge in [-0.1, -0.05) is 6.92 Å². The summed E-state index contributed by atoms with van der Waals surface area (Å²) in [4.78, 5) is 6.60. The van der Waals surface area contributed by atoms with E-state index < -0.39 is 10.0 Å². The van der Waals surface area contributed by atoms with Crippen LogP contribution in [0.15, 0.2) is 0 Å². The Bertz CT molecular complexity index is 545. The quantitative estimate of drug-likeness (QED) is 0.715. The number of hydrogen-bond donors (Lipinski definition) is 2. The third-order valence-corrected chi connectivity index (χ3v) is 4.00. The van der Waals surface area contributed by atoms with E-state index in [9.17, 15) is 8.42 Å². The van der Waals surface area contributed by atoms with Gasteiger partial charge in [-0.25, -0.2) is 18.1 Å².